The number of carbonyl (C=O) groups is 1. The van der Waals surface area contributed by atoms with Crippen LogP contribution in [0.2, 0.25) is 0 Å². The van der Waals surface area contributed by atoms with Gasteiger partial charge in [0.05, 0.1) is 0 Å². The summed E-state index contributed by atoms with van der Waals surface area (Å²) in [6, 6.07) is 21.6. The van der Waals surface area contributed by atoms with E-state index in [4.69, 9.17) is 4.74 Å². The molecule has 0 amide bonds. The van der Waals surface area contributed by atoms with E-state index >= 15 is 0 Å². The van der Waals surface area contributed by atoms with Crippen LogP contribution >= 0.6 is 0 Å². The third kappa shape index (κ3) is 8.14. The number of esters is 1. The molecule has 0 aliphatic carbocycles. The molecular weight excluding hydrogens is 460 g/mol. The Morgan fingerprint density at radius 1 is 0.892 bits per heavy atom. The quantitative estimate of drug-likeness (QED) is 0.145. The second-order valence-electron chi connectivity index (χ2n) is 9.76. The minimum atomic E-state index is -0.456. The molecule has 0 unspecified atom stereocenters. The highest BCUT2D eigenvalue weighted by molar-refractivity contribution is 5.81. The van der Waals surface area contributed by atoms with Crippen molar-refractivity contribution in [2.45, 2.75) is 59.0 Å². The van der Waals surface area contributed by atoms with Crippen LogP contribution in [-0.4, -0.2) is 29.4 Å². The number of ether oxygens (including phenoxy) is 1. The van der Waals surface area contributed by atoms with Crippen LogP contribution in [0.25, 0.3) is 22.3 Å². The van der Waals surface area contributed by atoms with E-state index in [0.29, 0.717) is 6.42 Å². The van der Waals surface area contributed by atoms with Gasteiger partial charge in [-0.15, -0.1) is 0 Å². The second kappa shape index (κ2) is 14.5. The molecule has 0 saturated carbocycles. The van der Waals surface area contributed by atoms with Crippen molar-refractivity contribution < 1.29 is 19.7 Å². The smallest absolute Gasteiger partial charge is 0.330 e. The zero-order valence-electron chi connectivity index (χ0n) is 22.2. The highest BCUT2D eigenvalue weighted by atomic mass is 16.5. The number of aliphatic hydroxyl groups excluding tert-OH is 2. The van der Waals surface area contributed by atoms with Crippen molar-refractivity contribution in [3.8, 4) is 22.3 Å². The van der Waals surface area contributed by atoms with Gasteiger partial charge in [-0.05, 0) is 77.1 Å². The molecule has 0 bridgehead atoms. The average Bonchev–Trinajstić information content (AvgIpc) is 2.93. The van der Waals surface area contributed by atoms with Crippen molar-refractivity contribution in [3.63, 3.8) is 0 Å². The van der Waals surface area contributed by atoms with E-state index < -0.39 is 5.97 Å². The van der Waals surface area contributed by atoms with Gasteiger partial charge in [0.25, 0.3) is 0 Å². The number of aryl methyl sites for hydroxylation is 3. The van der Waals surface area contributed by atoms with Crippen molar-refractivity contribution in [2.75, 3.05) is 13.2 Å². The van der Waals surface area contributed by atoms with Gasteiger partial charge in [-0.1, -0.05) is 87.0 Å². The van der Waals surface area contributed by atoms with Gasteiger partial charge in [0, 0.05) is 25.2 Å². The summed E-state index contributed by atoms with van der Waals surface area (Å²) in [7, 11) is 0. The Hall–Kier alpha value is -3.21. The lowest BCUT2D eigenvalue weighted by Gasteiger charge is -2.16. The number of carbonyl (C=O) groups excluding carboxylic acids is 1. The Morgan fingerprint density at radius 2 is 1.57 bits per heavy atom. The lowest BCUT2D eigenvalue weighted by atomic mass is 9.91. The largest absolute Gasteiger partial charge is 0.458 e. The predicted molar refractivity (Wildman–Crippen MR) is 151 cm³/mol. The van der Waals surface area contributed by atoms with Crippen LogP contribution in [0.15, 0.2) is 73.3 Å². The summed E-state index contributed by atoms with van der Waals surface area (Å²) >= 11 is 0. The summed E-state index contributed by atoms with van der Waals surface area (Å²) in [6.45, 7) is 7.91. The molecule has 0 fully saturated rings. The first-order valence-corrected chi connectivity index (χ1v) is 13.3. The van der Waals surface area contributed by atoms with Crippen molar-refractivity contribution in [1.82, 2.24) is 0 Å². The van der Waals surface area contributed by atoms with Crippen molar-refractivity contribution >= 4 is 5.97 Å². The molecule has 3 aromatic rings. The Morgan fingerprint density at radius 3 is 2.22 bits per heavy atom. The Labute approximate surface area is 221 Å². The standard InChI is InChI=1S/C33H40O4/c1-4-6-7-8-25-11-14-28(15-12-25)29-16-18-31(24(3)19-29)32-17-13-26(9-10-27(21-34)22-35)20-30(32)23-37-33(36)5-2/h5,11-20,27,34-35H,2,4,6-10,21-23H2,1,3H3. The summed E-state index contributed by atoms with van der Waals surface area (Å²) in [4.78, 5) is 11.8. The van der Waals surface area contributed by atoms with Gasteiger partial charge in [0.1, 0.15) is 6.61 Å². The van der Waals surface area contributed by atoms with Crippen LogP contribution in [0.3, 0.4) is 0 Å². The second-order valence-corrected chi connectivity index (χ2v) is 9.76. The Bertz CT molecular complexity index is 1160. The molecule has 4 nitrogen and oxygen atoms in total. The van der Waals surface area contributed by atoms with E-state index in [0.717, 1.165) is 40.7 Å². The topological polar surface area (TPSA) is 66.8 Å². The number of rotatable bonds is 14. The van der Waals surface area contributed by atoms with Gasteiger partial charge < -0.3 is 14.9 Å². The number of aliphatic hydroxyl groups is 2. The molecule has 0 radical (unpaired) electrons. The maximum absolute atomic E-state index is 11.8. The van der Waals surface area contributed by atoms with E-state index in [-0.39, 0.29) is 25.7 Å². The number of hydrogen-bond acceptors (Lipinski definition) is 4. The van der Waals surface area contributed by atoms with Crippen LogP contribution in [0, 0.1) is 12.8 Å². The third-order valence-electron chi connectivity index (χ3n) is 6.94. The highest BCUT2D eigenvalue weighted by Crippen LogP contribution is 2.32. The molecule has 0 heterocycles. The monoisotopic (exact) mass is 500 g/mol. The first-order chi connectivity index (χ1) is 18.0. The normalized spacial score (nSPS) is 11.1. The van der Waals surface area contributed by atoms with E-state index in [1.807, 2.05) is 0 Å². The number of hydrogen-bond donors (Lipinski definition) is 2. The lowest BCUT2D eigenvalue weighted by Crippen LogP contribution is -2.12. The molecule has 0 atom stereocenters. The van der Waals surface area contributed by atoms with Crippen LogP contribution in [0.1, 0.15) is 54.9 Å². The maximum Gasteiger partial charge on any atom is 0.330 e. The average molecular weight is 501 g/mol. The zero-order valence-corrected chi connectivity index (χ0v) is 22.2. The van der Waals surface area contributed by atoms with Crippen molar-refractivity contribution in [2.24, 2.45) is 5.92 Å². The molecule has 4 heteroatoms. The minimum Gasteiger partial charge on any atom is -0.458 e. The van der Waals surface area contributed by atoms with E-state index in [1.54, 1.807) is 0 Å². The first-order valence-electron chi connectivity index (χ1n) is 13.3. The molecule has 0 aliphatic heterocycles. The SMILES string of the molecule is C=CC(=O)OCc1cc(CCC(CO)CO)ccc1-c1ccc(-c2ccc(CCCCC)cc2)cc1C. The van der Waals surface area contributed by atoms with Crippen LogP contribution < -0.4 is 0 Å². The molecular formula is C33H40O4. The van der Waals surface area contributed by atoms with Gasteiger partial charge in [-0.3, -0.25) is 0 Å². The van der Waals surface area contributed by atoms with E-state index in [9.17, 15) is 15.0 Å². The van der Waals surface area contributed by atoms with Gasteiger partial charge in [-0.2, -0.15) is 0 Å². The fourth-order valence-corrected chi connectivity index (χ4v) is 4.59. The number of unbranched alkanes of at least 4 members (excludes halogenated alkanes) is 2. The van der Waals surface area contributed by atoms with E-state index in [1.165, 1.54) is 42.0 Å². The summed E-state index contributed by atoms with van der Waals surface area (Å²) in [6.07, 6.45) is 7.44. The summed E-state index contributed by atoms with van der Waals surface area (Å²) in [5, 5.41) is 18.8. The Kier molecular flexibility index (Phi) is 11.1. The summed E-state index contributed by atoms with van der Waals surface area (Å²) in [5.74, 6) is -0.593. The van der Waals surface area contributed by atoms with Crippen molar-refractivity contribution in [1.29, 1.82) is 0 Å². The Balaban J connectivity index is 1.85. The molecule has 0 saturated heterocycles. The molecule has 196 valence electrons. The maximum atomic E-state index is 11.8. The van der Waals surface area contributed by atoms with Gasteiger partial charge in [0.2, 0.25) is 0 Å². The number of benzene rings is 3. The van der Waals surface area contributed by atoms with E-state index in [2.05, 4.69) is 81.1 Å². The molecule has 2 N–H and O–H groups in total. The molecule has 3 aromatic carbocycles. The molecule has 0 spiro atoms. The highest BCUT2D eigenvalue weighted by Gasteiger charge is 2.13. The third-order valence-corrected chi connectivity index (χ3v) is 6.94. The van der Waals surface area contributed by atoms with Gasteiger partial charge >= 0.3 is 5.97 Å². The summed E-state index contributed by atoms with van der Waals surface area (Å²) < 4.78 is 5.40. The predicted octanol–water partition coefficient (Wildman–Crippen LogP) is 6.82. The zero-order chi connectivity index (χ0) is 26.6. The fraction of sp³-hybridized carbons (Fsp3) is 0.364. The first kappa shape index (κ1) is 28.4. The fourth-order valence-electron chi connectivity index (χ4n) is 4.59. The van der Waals surface area contributed by atoms with Crippen molar-refractivity contribution in [3.05, 3.63) is 95.6 Å². The molecule has 3 rings (SSSR count). The minimum absolute atomic E-state index is 0.0362. The van der Waals surface area contributed by atoms with Crippen LogP contribution in [0.4, 0.5) is 0 Å². The van der Waals surface area contributed by atoms with Crippen LogP contribution in [0.5, 0.6) is 0 Å². The molecule has 0 aromatic heterocycles. The van der Waals surface area contributed by atoms with Gasteiger partial charge in [-0.25, -0.2) is 4.79 Å². The summed E-state index contributed by atoms with van der Waals surface area (Å²) in [5.41, 5.74) is 9.03. The lowest BCUT2D eigenvalue weighted by molar-refractivity contribution is -0.138. The van der Waals surface area contributed by atoms with Gasteiger partial charge in [0.15, 0.2) is 0 Å². The van der Waals surface area contributed by atoms with Crippen LogP contribution in [-0.2, 0) is 29.0 Å². The molecule has 0 aliphatic rings. The molecule has 37 heavy (non-hydrogen) atoms.